The monoisotopic (exact) mass is 529 g/mol. The van der Waals surface area contributed by atoms with Gasteiger partial charge in [0.15, 0.2) is 0 Å². The molecule has 3 heterocycles. The lowest BCUT2D eigenvalue weighted by molar-refractivity contribution is -0.153. The van der Waals surface area contributed by atoms with Gasteiger partial charge in [0.1, 0.15) is 22.2 Å². The lowest BCUT2D eigenvalue weighted by atomic mass is 10.0. The number of unbranched alkanes of at least 4 members (excludes halogenated alkanes) is 1. The molecule has 2 aromatic heterocycles. The fourth-order valence-corrected chi connectivity index (χ4v) is 5.48. The van der Waals surface area contributed by atoms with E-state index in [4.69, 9.17) is 14.2 Å². The number of esters is 1. The number of para-hydroxylation sites is 1. The zero-order chi connectivity index (χ0) is 26.7. The minimum atomic E-state index is -1.50. The number of ether oxygens (including phenoxy) is 3. The molecule has 9 nitrogen and oxygen atoms in total. The van der Waals surface area contributed by atoms with Gasteiger partial charge in [0, 0.05) is 18.7 Å². The Labute approximate surface area is 220 Å². The Balaban J connectivity index is 1.85. The van der Waals surface area contributed by atoms with Gasteiger partial charge in [-0.3, -0.25) is 9.36 Å². The number of benzene rings is 1. The number of methoxy groups -OCH3 is 1. The quantitative estimate of drug-likeness (QED) is 0.300. The molecule has 200 valence electrons. The van der Waals surface area contributed by atoms with Crippen molar-refractivity contribution in [2.45, 2.75) is 64.8 Å². The maximum absolute atomic E-state index is 14.0. The van der Waals surface area contributed by atoms with Gasteiger partial charge in [-0.1, -0.05) is 31.5 Å². The molecular formula is C27H35N3O6S. The molecule has 0 bridgehead atoms. The molecule has 1 aliphatic heterocycles. The summed E-state index contributed by atoms with van der Waals surface area (Å²) in [7, 11) is 1.60. The number of nitrogens with one attached hydrogen (secondary N) is 1. The number of carbonyl (C=O) groups excluding carboxylic acids is 1. The third-order valence-electron chi connectivity index (χ3n) is 6.76. The number of aryl methyl sites for hydroxylation is 1. The average molecular weight is 530 g/mol. The normalized spacial score (nSPS) is 14.9. The zero-order valence-corrected chi connectivity index (χ0v) is 22.9. The molecule has 1 aliphatic rings. The summed E-state index contributed by atoms with van der Waals surface area (Å²) in [4.78, 5) is 41.3. The number of thiophene rings is 1. The van der Waals surface area contributed by atoms with E-state index >= 15 is 0 Å². The molecule has 0 aliphatic carbocycles. The Kier molecular flexibility index (Phi) is 8.20. The Hall–Kier alpha value is -2.95. The predicted molar refractivity (Wildman–Crippen MR) is 144 cm³/mol. The molecule has 4 rings (SSSR count). The van der Waals surface area contributed by atoms with E-state index in [1.165, 1.54) is 11.3 Å². The topological polar surface area (TPSA) is 101 Å². The first-order chi connectivity index (χ1) is 17.7. The first kappa shape index (κ1) is 27.1. The Morgan fingerprint density at radius 1 is 1.24 bits per heavy atom. The van der Waals surface area contributed by atoms with Crippen molar-refractivity contribution in [2.75, 3.05) is 26.8 Å². The van der Waals surface area contributed by atoms with E-state index in [9.17, 15) is 14.4 Å². The van der Waals surface area contributed by atoms with E-state index in [1.807, 2.05) is 43.5 Å². The highest BCUT2D eigenvalue weighted by Crippen LogP contribution is 2.32. The third kappa shape index (κ3) is 5.23. The van der Waals surface area contributed by atoms with Gasteiger partial charge in [0.2, 0.25) is 0 Å². The standard InChI is InChI=1S/C27H35N3O6S/c1-6-7-12-35-25(32)27(3,4)30-23(31)22-17(2)16-37-24(22)29(26(30)33)15-21(36-18-13-28-14-18)19-10-8-9-11-20(19)34-5/h8-11,16,18,21,28H,6-7,12-15H2,1-5H3. The molecule has 1 fully saturated rings. The summed E-state index contributed by atoms with van der Waals surface area (Å²) in [6.45, 7) is 8.74. The molecule has 1 saturated heterocycles. The van der Waals surface area contributed by atoms with Crippen LogP contribution in [0.2, 0.25) is 0 Å². The summed E-state index contributed by atoms with van der Waals surface area (Å²) in [6.07, 6.45) is 1.04. The van der Waals surface area contributed by atoms with E-state index < -0.39 is 28.9 Å². The number of nitrogens with zero attached hydrogens (tertiary/aromatic N) is 2. The van der Waals surface area contributed by atoms with Crippen molar-refractivity contribution in [2.24, 2.45) is 0 Å². The van der Waals surface area contributed by atoms with Gasteiger partial charge in [-0.2, -0.15) is 0 Å². The lowest BCUT2D eigenvalue weighted by Crippen LogP contribution is -2.53. The highest BCUT2D eigenvalue weighted by molar-refractivity contribution is 7.17. The molecule has 0 amide bonds. The molecule has 37 heavy (non-hydrogen) atoms. The molecule has 0 radical (unpaired) electrons. The van der Waals surface area contributed by atoms with Crippen LogP contribution < -0.4 is 21.3 Å². The SMILES string of the molecule is CCCCOC(=O)C(C)(C)n1c(=O)c2c(C)csc2n(CC(OC2CNC2)c2ccccc2OC)c1=O. The van der Waals surface area contributed by atoms with Crippen molar-refractivity contribution in [3.8, 4) is 5.75 Å². The Bertz CT molecular complexity index is 1390. The molecule has 10 heteroatoms. The summed E-state index contributed by atoms with van der Waals surface area (Å²) < 4.78 is 20.0. The fraction of sp³-hybridized carbons (Fsp3) is 0.519. The van der Waals surface area contributed by atoms with Crippen LogP contribution in [-0.2, 0) is 26.4 Å². The number of aromatic nitrogens is 2. The number of hydrogen-bond acceptors (Lipinski definition) is 8. The Morgan fingerprint density at radius 3 is 2.62 bits per heavy atom. The predicted octanol–water partition coefficient (Wildman–Crippen LogP) is 3.35. The first-order valence-electron chi connectivity index (χ1n) is 12.6. The molecule has 1 N–H and O–H groups in total. The van der Waals surface area contributed by atoms with E-state index in [-0.39, 0.29) is 19.3 Å². The van der Waals surface area contributed by atoms with Crippen LogP contribution in [0.4, 0.5) is 0 Å². The molecule has 1 aromatic carbocycles. The number of rotatable bonds is 11. The molecule has 1 atom stereocenters. The minimum absolute atomic E-state index is 0.0120. The first-order valence-corrected chi connectivity index (χ1v) is 13.5. The third-order valence-corrected chi connectivity index (χ3v) is 7.88. The van der Waals surface area contributed by atoms with Crippen LogP contribution in [0.5, 0.6) is 5.75 Å². The molecular weight excluding hydrogens is 494 g/mol. The number of carbonyl (C=O) groups is 1. The highest BCUT2D eigenvalue weighted by atomic mass is 32.1. The van der Waals surface area contributed by atoms with E-state index in [0.717, 1.165) is 22.1 Å². The number of hydrogen-bond donors (Lipinski definition) is 1. The average Bonchev–Trinajstić information content (AvgIpc) is 3.24. The van der Waals surface area contributed by atoms with Crippen molar-refractivity contribution in [1.29, 1.82) is 0 Å². The minimum Gasteiger partial charge on any atom is -0.496 e. The van der Waals surface area contributed by atoms with Crippen LogP contribution in [0.25, 0.3) is 10.2 Å². The van der Waals surface area contributed by atoms with Gasteiger partial charge >= 0.3 is 11.7 Å². The van der Waals surface area contributed by atoms with Gasteiger partial charge in [0.25, 0.3) is 5.56 Å². The Morgan fingerprint density at radius 2 is 1.97 bits per heavy atom. The van der Waals surface area contributed by atoms with Crippen molar-refractivity contribution in [3.05, 3.63) is 61.6 Å². The largest absolute Gasteiger partial charge is 0.496 e. The molecule has 0 spiro atoms. The van der Waals surface area contributed by atoms with Crippen LogP contribution in [-0.4, -0.2) is 48.0 Å². The van der Waals surface area contributed by atoms with Crippen LogP contribution in [0, 0.1) is 6.92 Å². The van der Waals surface area contributed by atoms with Crippen LogP contribution in [0.1, 0.15) is 50.8 Å². The van der Waals surface area contributed by atoms with Gasteiger partial charge in [-0.15, -0.1) is 11.3 Å². The maximum atomic E-state index is 14.0. The van der Waals surface area contributed by atoms with Crippen molar-refractivity contribution < 1.29 is 19.0 Å². The van der Waals surface area contributed by atoms with Crippen LogP contribution in [0.3, 0.4) is 0 Å². The molecule has 3 aromatic rings. The van der Waals surface area contributed by atoms with Gasteiger partial charge < -0.3 is 19.5 Å². The summed E-state index contributed by atoms with van der Waals surface area (Å²) in [5.74, 6) is 0.0385. The van der Waals surface area contributed by atoms with Gasteiger partial charge in [0.05, 0.1) is 31.8 Å². The summed E-state index contributed by atoms with van der Waals surface area (Å²) >= 11 is 1.33. The van der Waals surface area contributed by atoms with Crippen molar-refractivity contribution in [1.82, 2.24) is 14.5 Å². The molecule has 1 unspecified atom stereocenters. The summed E-state index contributed by atoms with van der Waals surface area (Å²) in [5.41, 5.74) is -1.01. The van der Waals surface area contributed by atoms with E-state index in [2.05, 4.69) is 5.32 Å². The van der Waals surface area contributed by atoms with E-state index in [1.54, 1.807) is 25.5 Å². The number of fused-ring (bicyclic) bond motifs is 1. The van der Waals surface area contributed by atoms with Crippen molar-refractivity contribution in [3.63, 3.8) is 0 Å². The second-order valence-corrected chi connectivity index (χ2v) is 10.7. The van der Waals surface area contributed by atoms with Crippen LogP contribution >= 0.6 is 11.3 Å². The second-order valence-electron chi connectivity index (χ2n) is 9.83. The van der Waals surface area contributed by atoms with E-state index in [0.29, 0.717) is 35.5 Å². The lowest BCUT2D eigenvalue weighted by Gasteiger charge is -2.33. The van der Waals surface area contributed by atoms with Gasteiger partial charge in [-0.25, -0.2) is 14.2 Å². The fourth-order valence-electron chi connectivity index (χ4n) is 4.43. The van der Waals surface area contributed by atoms with Crippen molar-refractivity contribution >= 4 is 27.5 Å². The smallest absolute Gasteiger partial charge is 0.333 e. The zero-order valence-electron chi connectivity index (χ0n) is 22.0. The highest BCUT2D eigenvalue weighted by Gasteiger charge is 2.37. The summed E-state index contributed by atoms with van der Waals surface area (Å²) in [5, 5.41) is 5.48. The molecule has 0 saturated carbocycles. The summed E-state index contributed by atoms with van der Waals surface area (Å²) in [6, 6.07) is 7.55. The van der Waals surface area contributed by atoms with Crippen LogP contribution in [0.15, 0.2) is 39.2 Å². The maximum Gasteiger partial charge on any atom is 0.333 e. The second kappa shape index (κ2) is 11.2. The van der Waals surface area contributed by atoms with Gasteiger partial charge in [-0.05, 0) is 44.2 Å².